The van der Waals surface area contributed by atoms with E-state index in [2.05, 4.69) is 0 Å². The van der Waals surface area contributed by atoms with E-state index in [0.29, 0.717) is 0 Å². The number of rotatable bonds is 0. The van der Waals surface area contributed by atoms with Crippen molar-refractivity contribution in [2.45, 2.75) is 0 Å². The summed E-state index contributed by atoms with van der Waals surface area (Å²) in [6.07, 6.45) is 0. The summed E-state index contributed by atoms with van der Waals surface area (Å²) in [6.45, 7) is 0. The molecule has 28 valence electrons. The summed E-state index contributed by atoms with van der Waals surface area (Å²) < 4.78 is 0. The Labute approximate surface area is 188 Å². The third kappa shape index (κ3) is 22.5. The van der Waals surface area contributed by atoms with Crippen LogP contribution in [0.4, 0.5) is 0 Å². The van der Waals surface area contributed by atoms with Crippen molar-refractivity contribution in [3.8, 4) is 0 Å². The molecule has 0 nitrogen and oxygen atoms in total. The zero-order valence-corrected chi connectivity index (χ0v) is 17.5. The average Bonchev–Trinajstić information content (AvgIpc) is 0. The molecule has 6 heteroatoms. The third-order valence-electron chi connectivity index (χ3n) is 0. The summed E-state index contributed by atoms with van der Waals surface area (Å²) in [4.78, 5) is 0. The molecule has 0 radical (unpaired) electrons. The molecule has 0 aliphatic rings. The summed E-state index contributed by atoms with van der Waals surface area (Å²) >= 11 is 0. The van der Waals surface area contributed by atoms with Crippen molar-refractivity contribution >= 4 is 55.6 Å². The Morgan fingerprint density at radius 1 is 1.17 bits per heavy atom. The summed E-state index contributed by atoms with van der Waals surface area (Å²) in [5.74, 6) is 0. The van der Waals surface area contributed by atoms with Crippen LogP contribution in [0.3, 0.4) is 0 Å². The van der Waals surface area contributed by atoms with Crippen molar-refractivity contribution in [3.63, 3.8) is 0 Å². The van der Waals surface area contributed by atoms with Crippen LogP contribution >= 0.6 is 0 Å². The Morgan fingerprint density at radius 2 is 1.17 bits per heavy atom. The monoisotopic (exact) mass is 521 g/mol. The summed E-state index contributed by atoms with van der Waals surface area (Å²) in [5, 5.41) is 0. The molecule has 0 unspecified atom stereocenters. The van der Waals surface area contributed by atoms with E-state index in [-0.39, 0.29) is 194 Å². The Balaban J connectivity index is 0. The molecule has 0 saturated heterocycles. The van der Waals surface area contributed by atoms with Gasteiger partial charge in [-0.15, -0.1) is 0 Å². The first-order chi connectivity index (χ1) is 0. The number of hydrogen-bond acceptors (Lipinski definition) is 0. The molecular weight excluding hydrogens is 516 g/mol. The van der Waals surface area contributed by atoms with Crippen molar-refractivity contribution in [1.29, 1.82) is 0 Å². The fourth-order valence-electron chi connectivity index (χ4n) is 0. The standard InChI is InChI=1S/Be.Ce.Fe.K.Sr.W.5H/q+2;;;+1;+2;;5*-1. The molecule has 0 aromatic carbocycles. The molecule has 6 heavy (non-hydrogen) atoms. The van der Waals surface area contributed by atoms with Crippen molar-refractivity contribution in [1.82, 2.24) is 0 Å². The third-order valence-corrected chi connectivity index (χ3v) is 0. The van der Waals surface area contributed by atoms with Crippen LogP contribution in [0.15, 0.2) is 0 Å². The maximum absolute atomic E-state index is 0. The molecule has 0 aliphatic heterocycles. The first kappa shape index (κ1) is 40.7. The minimum Gasteiger partial charge on any atom is -1.00 e. The van der Waals surface area contributed by atoms with Crippen LogP contribution < -0.4 is 51.4 Å². The molecule has 0 amide bonds. The van der Waals surface area contributed by atoms with Gasteiger partial charge >= 0.3 is 107 Å². The predicted molar refractivity (Wildman–Crippen MR) is 17.1 cm³/mol. The van der Waals surface area contributed by atoms with Crippen molar-refractivity contribution < 1.29 is 138 Å². The van der Waals surface area contributed by atoms with Crippen molar-refractivity contribution in [3.05, 3.63) is 0 Å². The molecule has 0 spiro atoms. The topological polar surface area (TPSA) is 0 Å². The van der Waals surface area contributed by atoms with Crippen LogP contribution in [0.5, 0.6) is 0 Å². The summed E-state index contributed by atoms with van der Waals surface area (Å²) in [5.41, 5.74) is 0. The fraction of sp³-hybridized carbons (Fsp3) is 0. The molecule has 0 fully saturated rings. The summed E-state index contributed by atoms with van der Waals surface area (Å²) in [6, 6.07) is 0. The van der Waals surface area contributed by atoms with Gasteiger partial charge in [-0.1, -0.05) is 0 Å². The van der Waals surface area contributed by atoms with E-state index < -0.39 is 0 Å². The minimum absolute atomic E-state index is 0. The van der Waals surface area contributed by atoms with E-state index in [9.17, 15) is 0 Å². The molecule has 0 atom stereocenters. The van der Waals surface area contributed by atoms with Gasteiger partial charge in [-0.05, 0) is 0 Å². The maximum atomic E-state index is 0. The minimum atomic E-state index is 0. The maximum Gasteiger partial charge on any atom is 2.00 e. The Hall–Kier alpha value is 5.87. The molecule has 0 aromatic heterocycles. The van der Waals surface area contributed by atoms with Gasteiger partial charge in [0.15, 0.2) is 0 Å². The average molecular weight is 521 g/mol. The molecule has 0 bridgehead atoms. The van der Waals surface area contributed by atoms with E-state index in [1.165, 1.54) is 0 Å². The molecule has 0 heterocycles. The molecule has 0 rings (SSSR count). The van der Waals surface area contributed by atoms with Gasteiger partial charge in [-0.2, -0.15) is 0 Å². The van der Waals surface area contributed by atoms with Gasteiger partial charge in [0.1, 0.15) is 0 Å². The van der Waals surface area contributed by atoms with Gasteiger partial charge in [-0.25, -0.2) is 0 Å². The predicted octanol–water partition coefficient (Wildman–Crippen LogP) is -3.20. The molecule has 0 aromatic rings. The van der Waals surface area contributed by atoms with Crippen molar-refractivity contribution in [2.75, 3.05) is 0 Å². The zero-order valence-electron chi connectivity index (χ0n) is 8.68. The molecule has 0 N–H and O–H groups in total. The van der Waals surface area contributed by atoms with Crippen LogP contribution in [0.25, 0.3) is 0 Å². The Kier molecular flexibility index (Phi) is 208. The van der Waals surface area contributed by atoms with Crippen LogP contribution in [-0.4, -0.2) is 55.6 Å². The molecular formula is H5BeCeFeKSrW. The molecule has 0 saturated carbocycles. The van der Waals surface area contributed by atoms with Gasteiger partial charge < -0.3 is 7.13 Å². The Bertz CT molecular complexity index is 26.4. The summed E-state index contributed by atoms with van der Waals surface area (Å²) in [7, 11) is 0. The van der Waals surface area contributed by atoms with Crippen LogP contribution in [-0.2, 0) is 38.1 Å². The molecule has 0 aliphatic carbocycles. The normalized spacial score (nSPS) is 0. The van der Waals surface area contributed by atoms with Gasteiger partial charge in [0.25, 0.3) is 0 Å². The van der Waals surface area contributed by atoms with Crippen LogP contribution in [0.2, 0.25) is 0 Å². The van der Waals surface area contributed by atoms with Crippen molar-refractivity contribution in [2.24, 2.45) is 0 Å². The quantitative estimate of drug-likeness (QED) is 0.296. The smallest absolute Gasteiger partial charge is 1.00 e. The zero-order chi connectivity index (χ0) is 0. The van der Waals surface area contributed by atoms with E-state index in [1.807, 2.05) is 0 Å². The van der Waals surface area contributed by atoms with Gasteiger partial charge in [0.05, 0.1) is 0 Å². The van der Waals surface area contributed by atoms with Crippen LogP contribution in [0.1, 0.15) is 7.13 Å². The van der Waals surface area contributed by atoms with E-state index >= 15 is 0 Å². The van der Waals surface area contributed by atoms with E-state index in [0.717, 1.165) is 0 Å². The van der Waals surface area contributed by atoms with Gasteiger partial charge in [0, 0.05) is 79.9 Å². The second-order valence-corrected chi connectivity index (χ2v) is 0. The second kappa shape index (κ2) is 30.7. The van der Waals surface area contributed by atoms with Gasteiger partial charge in [-0.3, -0.25) is 0 Å². The first-order valence-electron chi connectivity index (χ1n) is 0. The van der Waals surface area contributed by atoms with Crippen LogP contribution in [0, 0.1) is 41.7 Å². The largest absolute Gasteiger partial charge is 2.00 e. The fourth-order valence-corrected chi connectivity index (χ4v) is 0. The van der Waals surface area contributed by atoms with E-state index in [4.69, 9.17) is 0 Å². The Morgan fingerprint density at radius 3 is 1.17 bits per heavy atom. The van der Waals surface area contributed by atoms with E-state index in [1.54, 1.807) is 0 Å². The number of hydrogen-bond donors (Lipinski definition) is 0. The van der Waals surface area contributed by atoms with Gasteiger partial charge in [0.2, 0.25) is 0 Å². The second-order valence-electron chi connectivity index (χ2n) is 0. The first-order valence-corrected chi connectivity index (χ1v) is 0. The SMILES string of the molecule is [Be+2].[Ce].[Fe].[H-].[H-].[H-].[H-].[H-].[K+].[Sr+2].[W].